The summed E-state index contributed by atoms with van der Waals surface area (Å²) in [6.07, 6.45) is 1.59. The van der Waals surface area contributed by atoms with Crippen LogP contribution in [0, 0.1) is 0 Å². The summed E-state index contributed by atoms with van der Waals surface area (Å²) in [6, 6.07) is 8.33. The maximum atomic E-state index is 12.2. The lowest BCUT2D eigenvalue weighted by Gasteiger charge is -2.22. The van der Waals surface area contributed by atoms with Gasteiger partial charge in [-0.1, -0.05) is 31.4 Å². The van der Waals surface area contributed by atoms with Crippen LogP contribution in [0.3, 0.4) is 0 Å². The lowest BCUT2D eigenvalue weighted by atomic mass is 10.4. The van der Waals surface area contributed by atoms with Gasteiger partial charge in [0.2, 0.25) is 10.0 Å². The van der Waals surface area contributed by atoms with E-state index < -0.39 is 10.0 Å². The monoisotopic (exact) mass is 266 g/mol. The molecule has 98 valence electrons. The minimum absolute atomic E-state index is 0.222. The largest absolute Gasteiger partial charge is 0.354 e. The molecule has 0 saturated carbocycles. The minimum atomic E-state index is -3.46. The molecule has 0 aromatic heterocycles. The fraction of sp³-hybridized carbons (Fsp3) is 0.231. The maximum Gasteiger partial charge on any atom is 0.243 e. The minimum Gasteiger partial charge on any atom is -0.354 e. The van der Waals surface area contributed by atoms with Gasteiger partial charge in [-0.05, 0) is 18.3 Å². The van der Waals surface area contributed by atoms with Crippen LogP contribution in [0.4, 0.5) is 0 Å². The molecular weight excluding hydrogens is 248 g/mol. The van der Waals surface area contributed by atoms with Gasteiger partial charge in [-0.3, -0.25) is 0 Å². The first-order valence-corrected chi connectivity index (χ1v) is 6.88. The highest BCUT2D eigenvalue weighted by atomic mass is 32.2. The van der Waals surface area contributed by atoms with E-state index in [1.807, 2.05) is 0 Å². The van der Waals surface area contributed by atoms with E-state index in [0.717, 1.165) is 0 Å². The van der Waals surface area contributed by atoms with Gasteiger partial charge < -0.3 is 4.90 Å². The second-order valence-electron chi connectivity index (χ2n) is 3.93. The van der Waals surface area contributed by atoms with E-state index in [9.17, 15) is 8.42 Å². The van der Waals surface area contributed by atoms with Gasteiger partial charge in [0.05, 0.1) is 11.4 Å². The summed E-state index contributed by atoms with van der Waals surface area (Å²) >= 11 is 0. The first-order valence-electron chi connectivity index (χ1n) is 5.44. The molecule has 1 aromatic rings. The Hall–Kier alpha value is -1.59. The molecule has 1 aromatic carbocycles. The van der Waals surface area contributed by atoms with E-state index in [0.29, 0.717) is 5.70 Å². The topological polar surface area (TPSA) is 40.6 Å². The van der Waals surface area contributed by atoms with Gasteiger partial charge in [0.1, 0.15) is 0 Å². The van der Waals surface area contributed by atoms with Crippen LogP contribution in [0.25, 0.3) is 0 Å². The Labute approximate surface area is 109 Å². The average Bonchev–Trinajstić information content (AvgIpc) is 2.38. The predicted molar refractivity (Wildman–Crippen MR) is 73.4 cm³/mol. The van der Waals surface area contributed by atoms with Crippen molar-refractivity contribution in [1.29, 1.82) is 0 Å². The first-order chi connectivity index (χ1) is 8.39. The van der Waals surface area contributed by atoms with Crippen LogP contribution in [-0.2, 0) is 10.0 Å². The molecule has 0 unspecified atom stereocenters. The van der Waals surface area contributed by atoms with Crippen LogP contribution in [0.2, 0.25) is 0 Å². The Balaban J connectivity index is 2.87. The first kappa shape index (κ1) is 14.5. The number of rotatable bonds is 6. The summed E-state index contributed by atoms with van der Waals surface area (Å²) in [6.45, 7) is 7.65. The second-order valence-corrected chi connectivity index (χ2v) is 5.98. The predicted octanol–water partition coefficient (Wildman–Crippen LogP) is 1.90. The van der Waals surface area contributed by atoms with E-state index in [-0.39, 0.29) is 11.4 Å². The van der Waals surface area contributed by atoms with Crippen LogP contribution < -0.4 is 0 Å². The smallest absolute Gasteiger partial charge is 0.243 e. The van der Waals surface area contributed by atoms with Crippen LogP contribution in [-0.4, -0.2) is 38.3 Å². The summed E-state index contributed by atoms with van der Waals surface area (Å²) in [5, 5.41) is 0. The van der Waals surface area contributed by atoms with Crippen LogP contribution in [0.15, 0.2) is 60.3 Å². The summed E-state index contributed by atoms with van der Waals surface area (Å²) in [5.41, 5.74) is 0.659. The molecule has 0 saturated heterocycles. The average molecular weight is 266 g/mol. The van der Waals surface area contributed by atoms with Gasteiger partial charge in [0.25, 0.3) is 0 Å². The lowest BCUT2D eigenvalue weighted by molar-refractivity contribution is 0.448. The molecule has 0 N–H and O–H groups in total. The fourth-order valence-electron chi connectivity index (χ4n) is 1.36. The molecule has 0 atom stereocenters. The van der Waals surface area contributed by atoms with E-state index >= 15 is 0 Å². The molecule has 0 fully saturated rings. The summed E-state index contributed by atoms with van der Waals surface area (Å²) in [4.78, 5) is 1.97. The standard InChI is InChI=1S/C13H18N2O2S/c1-5-14(3)12(2)11-15(4)18(16,17)13-9-7-6-8-10-13/h5-10H,1-2,11H2,3-4H3. The van der Waals surface area contributed by atoms with Crippen LogP contribution in [0.5, 0.6) is 0 Å². The van der Waals surface area contributed by atoms with E-state index in [1.54, 1.807) is 48.5 Å². The molecule has 0 aliphatic carbocycles. The molecule has 0 amide bonds. The Kier molecular flexibility index (Phi) is 4.69. The van der Waals surface area contributed by atoms with E-state index in [1.165, 1.54) is 11.4 Å². The number of hydrogen-bond acceptors (Lipinski definition) is 3. The molecule has 0 aliphatic rings. The van der Waals surface area contributed by atoms with E-state index in [2.05, 4.69) is 13.2 Å². The van der Waals surface area contributed by atoms with Crippen molar-refractivity contribution < 1.29 is 8.42 Å². The Morgan fingerprint density at radius 3 is 2.33 bits per heavy atom. The molecule has 0 heterocycles. The highest BCUT2D eigenvalue weighted by Gasteiger charge is 2.21. The summed E-state index contributed by atoms with van der Waals surface area (Å²) in [7, 11) is -0.156. The highest BCUT2D eigenvalue weighted by molar-refractivity contribution is 7.89. The summed E-state index contributed by atoms with van der Waals surface area (Å²) < 4.78 is 25.7. The molecule has 0 spiro atoms. The Bertz CT molecular complexity index is 523. The molecule has 1 rings (SSSR count). The number of nitrogens with zero attached hydrogens (tertiary/aromatic N) is 2. The van der Waals surface area contributed by atoms with Crippen molar-refractivity contribution in [1.82, 2.24) is 9.21 Å². The number of hydrogen-bond donors (Lipinski definition) is 0. The van der Waals surface area contributed by atoms with Crippen molar-refractivity contribution in [2.24, 2.45) is 0 Å². The quantitative estimate of drug-likeness (QED) is 0.789. The highest BCUT2D eigenvalue weighted by Crippen LogP contribution is 2.15. The zero-order chi connectivity index (χ0) is 13.8. The van der Waals surface area contributed by atoms with Crippen molar-refractivity contribution >= 4 is 10.0 Å². The molecule has 18 heavy (non-hydrogen) atoms. The Morgan fingerprint density at radius 2 is 1.83 bits per heavy atom. The number of sulfonamides is 1. The van der Waals surface area contributed by atoms with Gasteiger partial charge in [-0.15, -0.1) is 0 Å². The maximum absolute atomic E-state index is 12.2. The zero-order valence-corrected chi connectivity index (χ0v) is 11.5. The fourth-order valence-corrected chi connectivity index (χ4v) is 2.53. The molecule has 4 nitrogen and oxygen atoms in total. The van der Waals surface area contributed by atoms with Crippen molar-refractivity contribution in [2.45, 2.75) is 4.90 Å². The molecule has 0 aliphatic heterocycles. The normalized spacial score (nSPS) is 11.3. The van der Waals surface area contributed by atoms with Gasteiger partial charge in [0, 0.05) is 19.8 Å². The van der Waals surface area contributed by atoms with Gasteiger partial charge in [-0.25, -0.2) is 8.42 Å². The summed E-state index contributed by atoms with van der Waals surface area (Å²) in [5.74, 6) is 0. The third kappa shape index (κ3) is 3.21. The van der Waals surface area contributed by atoms with Crippen molar-refractivity contribution in [3.63, 3.8) is 0 Å². The molecular formula is C13H18N2O2S. The number of likely N-dealkylation sites (N-methyl/N-ethyl adjacent to an activating group) is 2. The Morgan fingerprint density at radius 1 is 1.28 bits per heavy atom. The van der Waals surface area contributed by atoms with Crippen molar-refractivity contribution in [3.05, 3.63) is 55.4 Å². The van der Waals surface area contributed by atoms with Crippen LogP contribution in [0.1, 0.15) is 0 Å². The zero-order valence-electron chi connectivity index (χ0n) is 10.7. The lowest BCUT2D eigenvalue weighted by Crippen LogP contribution is -2.31. The van der Waals surface area contributed by atoms with Gasteiger partial charge in [0.15, 0.2) is 0 Å². The third-order valence-corrected chi connectivity index (χ3v) is 4.45. The molecule has 0 radical (unpaired) electrons. The third-order valence-electron chi connectivity index (χ3n) is 2.63. The van der Waals surface area contributed by atoms with Crippen molar-refractivity contribution in [3.8, 4) is 0 Å². The van der Waals surface area contributed by atoms with E-state index in [4.69, 9.17) is 0 Å². The van der Waals surface area contributed by atoms with Gasteiger partial charge in [-0.2, -0.15) is 4.31 Å². The second kappa shape index (κ2) is 5.84. The molecule has 5 heteroatoms. The van der Waals surface area contributed by atoms with Gasteiger partial charge >= 0.3 is 0 Å². The number of benzene rings is 1. The SMILES string of the molecule is C=CN(C)C(=C)CN(C)S(=O)(=O)c1ccccc1. The van der Waals surface area contributed by atoms with Crippen molar-refractivity contribution in [2.75, 3.05) is 20.6 Å². The molecule has 0 bridgehead atoms. The van der Waals surface area contributed by atoms with Crippen LogP contribution >= 0.6 is 0 Å².